The van der Waals surface area contributed by atoms with Crippen molar-refractivity contribution in [2.75, 3.05) is 19.1 Å². The highest BCUT2D eigenvalue weighted by Gasteiger charge is 2.51. The number of nitrogens with zero attached hydrogens (tertiary/aromatic N) is 2. The van der Waals surface area contributed by atoms with E-state index in [2.05, 4.69) is 20.9 Å². The monoisotopic (exact) mass is 496 g/mol. The first kappa shape index (κ1) is 22.0. The summed E-state index contributed by atoms with van der Waals surface area (Å²) in [5.41, 5.74) is -0.0932. The maximum Gasteiger partial charge on any atom is 0.264 e. The number of amides is 1. The molecule has 1 amide bonds. The van der Waals surface area contributed by atoms with E-state index in [0.717, 1.165) is 5.56 Å². The van der Waals surface area contributed by atoms with Crippen LogP contribution >= 0.6 is 15.9 Å². The number of benzene rings is 2. The molecule has 1 N–H and O–H groups in total. The van der Waals surface area contributed by atoms with Crippen LogP contribution in [0.25, 0.3) is 0 Å². The molecule has 0 aliphatic carbocycles. The lowest BCUT2D eigenvalue weighted by Crippen LogP contribution is -2.41. The van der Waals surface area contributed by atoms with Gasteiger partial charge in [-0.05, 0) is 48.0 Å². The van der Waals surface area contributed by atoms with Crippen LogP contribution in [0.2, 0.25) is 0 Å². The van der Waals surface area contributed by atoms with Crippen molar-refractivity contribution in [3.05, 3.63) is 82.1 Å². The summed E-state index contributed by atoms with van der Waals surface area (Å²) in [5.74, 6) is 0.129. The van der Waals surface area contributed by atoms with Gasteiger partial charge >= 0.3 is 0 Å². The summed E-state index contributed by atoms with van der Waals surface area (Å²) in [5, 5.41) is 11.5. The minimum Gasteiger partial charge on any atom is -0.493 e. The van der Waals surface area contributed by atoms with E-state index in [1.165, 1.54) is 18.2 Å². The number of carbonyl (C=O) groups is 2. The van der Waals surface area contributed by atoms with Gasteiger partial charge in [-0.2, -0.15) is 0 Å². The van der Waals surface area contributed by atoms with Crippen molar-refractivity contribution in [3.63, 3.8) is 0 Å². The minimum atomic E-state index is -2.00. The number of aliphatic hydroxyl groups is 1. The van der Waals surface area contributed by atoms with E-state index in [1.807, 2.05) is 6.07 Å². The molecule has 3 aromatic rings. The molecule has 2 aromatic carbocycles. The summed E-state index contributed by atoms with van der Waals surface area (Å²) < 4.78 is 11.3. The Balaban J connectivity index is 1.70. The third-order valence-corrected chi connectivity index (χ3v) is 5.94. The molecule has 1 atom stereocenters. The predicted molar refractivity (Wildman–Crippen MR) is 122 cm³/mol. The summed E-state index contributed by atoms with van der Waals surface area (Å²) in [7, 11) is 3.09. The molecule has 2 heterocycles. The zero-order valence-corrected chi connectivity index (χ0v) is 19.1. The SMILES string of the molecule is COc1ccc(CN2C(=O)[C@@](O)(CC(=O)c3ccccn3)c3cc(Br)ccc32)cc1OC. The van der Waals surface area contributed by atoms with Gasteiger partial charge < -0.3 is 19.5 Å². The van der Waals surface area contributed by atoms with Crippen molar-refractivity contribution in [1.82, 2.24) is 4.98 Å². The van der Waals surface area contributed by atoms with Crippen molar-refractivity contribution in [3.8, 4) is 11.5 Å². The number of ketones is 1. The molecule has 1 aliphatic heterocycles. The summed E-state index contributed by atoms with van der Waals surface area (Å²) in [6.45, 7) is 0.188. The second kappa shape index (κ2) is 8.72. The highest BCUT2D eigenvalue weighted by Crippen LogP contribution is 2.45. The van der Waals surface area contributed by atoms with Crippen LogP contribution in [0.4, 0.5) is 5.69 Å². The lowest BCUT2D eigenvalue weighted by molar-refractivity contribution is -0.136. The molecule has 7 nitrogen and oxygen atoms in total. The number of pyridine rings is 1. The molecule has 0 saturated heterocycles. The van der Waals surface area contributed by atoms with Gasteiger partial charge in [-0.15, -0.1) is 0 Å². The average Bonchev–Trinajstić information content (AvgIpc) is 3.00. The normalized spacial score (nSPS) is 17.2. The fraction of sp³-hybridized carbons (Fsp3) is 0.208. The van der Waals surface area contributed by atoms with E-state index in [-0.39, 0.29) is 12.2 Å². The van der Waals surface area contributed by atoms with Gasteiger partial charge in [0.2, 0.25) is 0 Å². The molecule has 32 heavy (non-hydrogen) atoms. The molecule has 164 valence electrons. The van der Waals surface area contributed by atoms with Crippen molar-refractivity contribution in [2.24, 2.45) is 0 Å². The lowest BCUT2D eigenvalue weighted by Gasteiger charge is -2.23. The summed E-state index contributed by atoms with van der Waals surface area (Å²) in [4.78, 5) is 31.8. The summed E-state index contributed by atoms with van der Waals surface area (Å²) in [6, 6.07) is 15.5. The topological polar surface area (TPSA) is 89.0 Å². The number of carbonyl (C=O) groups excluding carboxylic acids is 2. The smallest absolute Gasteiger partial charge is 0.264 e. The van der Waals surface area contributed by atoms with Crippen LogP contribution in [0.5, 0.6) is 11.5 Å². The average molecular weight is 497 g/mol. The number of hydrogen-bond donors (Lipinski definition) is 1. The first-order valence-electron chi connectivity index (χ1n) is 9.87. The van der Waals surface area contributed by atoms with Crippen LogP contribution in [0.3, 0.4) is 0 Å². The van der Waals surface area contributed by atoms with Gasteiger partial charge in [-0.3, -0.25) is 14.6 Å². The third kappa shape index (κ3) is 3.87. The van der Waals surface area contributed by atoms with E-state index in [9.17, 15) is 14.7 Å². The van der Waals surface area contributed by atoms with Gasteiger partial charge in [0.25, 0.3) is 5.91 Å². The van der Waals surface area contributed by atoms with Gasteiger partial charge in [0.15, 0.2) is 22.9 Å². The van der Waals surface area contributed by atoms with Gasteiger partial charge in [0, 0.05) is 16.2 Å². The zero-order valence-electron chi connectivity index (χ0n) is 17.5. The van der Waals surface area contributed by atoms with Crippen LogP contribution in [0, 0.1) is 0 Å². The van der Waals surface area contributed by atoms with Crippen molar-refractivity contribution >= 4 is 33.3 Å². The van der Waals surface area contributed by atoms with Crippen LogP contribution < -0.4 is 14.4 Å². The Morgan fingerprint density at radius 1 is 1.09 bits per heavy atom. The number of ether oxygens (including phenoxy) is 2. The van der Waals surface area contributed by atoms with E-state index >= 15 is 0 Å². The zero-order chi connectivity index (χ0) is 22.9. The van der Waals surface area contributed by atoms with Crippen molar-refractivity contribution < 1.29 is 24.2 Å². The minimum absolute atomic E-state index is 0.188. The van der Waals surface area contributed by atoms with Crippen LogP contribution in [-0.2, 0) is 16.9 Å². The molecule has 0 spiro atoms. The quantitative estimate of drug-likeness (QED) is 0.499. The van der Waals surface area contributed by atoms with Gasteiger partial charge in [0.1, 0.15) is 5.69 Å². The number of methoxy groups -OCH3 is 2. The number of anilines is 1. The fourth-order valence-electron chi connectivity index (χ4n) is 3.86. The number of Topliss-reactive ketones (excluding diaryl/α,β-unsaturated/α-hetero) is 1. The Morgan fingerprint density at radius 2 is 1.88 bits per heavy atom. The molecule has 0 radical (unpaired) electrons. The maximum absolute atomic E-state index is 13.5. The first-order chi connectivity index (χ1) is 15.4. The molecule has 0 unspecified atom stereocenters. The highest BCUT2D eigenvalue weighted by atomic mass is 79.9. The van der Waals surface area contributed by atoms with Crippen molar-refractivity contribution in [1.29, 1.82) is 0 Å². The number of fused-ring (bicyclic) bond motifs is 1. The Bertz CT molecular complexity index is 1180. The Kier molecular flexibility index (Phi) is 5.99. The van der Waals surface area contributed by atoms with E-state index < -0.39 is 23.7 Å². The van der Waals surface area contributed by atoms with Crippen molar-refractivity contribution in [2.45, 2.75) is 18.6 Å². The maximum atomic E-state index is 13.5. The Morgan fingerprint density at radius 3 is 2.56 bits per heavy atom. The van der Waals surface area contributed by atoms with E-state index in [1.54, 1.807) is 55.6 Å². The molecule has 0 fully saturated rings. The Labute approximate surface area is 193 Å². The predicted octanol–water partition coefficient (Wildman–Crippen LogP) is 3.87. The molecular formula is C24H21BrN2O5. The standard InChI is InChI=1S/C24H21BrN2O5/c1-31-21-9-6-15(11-22(21)32-2)14-27-19-8-7-16(25)12-17(19)24(30,23(27)29)13-20(28)18-5-3-4-10-26-18/h3-12,30H,13-14H2,1-2H3/t24-/m1/s1. The number of rotatable bonds is 7. The number of hydrogen-bond acceptors (Lipinski definition) is 6. The lowest BCUT2D eigenvalue weighted by atomic mass is 9.89. The van der Waals surface area contributed by atoms with Gasteiger partial charge in [-0.25, -0.2) is 0 Å². The molecule has 0 bridgehead atoms. The number of aromatic nitrogens is 1. The number of halogens is 1. The van der Waals surface area contributed by atoms with Crippen LogP contribution in [0.15, 0.2) is 65.3 Å². The second-order valence-corrected chi connectivity index (χ2v) is 8.33. The first-order valence-corrected chi connectivity index (χ1v) is 10.7. The van der Waals surface area contributed by atoms with Crippen LogP contribution in [0.1, 0.15) is 28.0 Å². The van der Waals surface area contributed by atoms with E-state index in [0.29, 0.717) is 27.2 Å². The molecule has 1 aliphatic rings. The summed E-state index contributed by atoms with van der Waals surface area (Å²) >= 11 is 3.40. The molecule has 0 saturated carbocycles. The van der Waals surface area contributed by atoms with Gasteiger partial charge in [-0.1, -0.05) is 28.1 Å². The van der Waals surface area contributed by atoms with Gasteiger partial charge in [0.05, 0.1) is 32.9 Å². The second-order valence-electron chi connectivity index (χ2n) is 7.42. The summed E-state index contributed by atoms with van der Waals surface area (Å²) in [6.07, 6.45) is 1.09. The molecule has 1 aromatic heterocycles. The van der Waals surface area contributed by atoms with E-state index in [4.69, 9.17) is 9.47 Å². The Hall–Kier alpha value is -3.23. The molecule has 8 heteroatoms. The molecular weight excluding hydrogens is 476 g/mol. The fourth-order valence-corrected chi connectivity index (χ4v) is 4.22. The third-order valence-electron chi connectivity index (χ3n) is 5.45. The highest BCUT2D eigenvalue weighted by molar-refractivity contribution is 9.10. The molecule has 4 rings (SSSR count). The van der Waals surface area contributed by atoms with Crippen LogP contribution in [-0.4, -0.2) is 36.0 Å². The largest absolute Gasteiger partial charge is 0.493 e.